The smallest absolute Gasteiger partial charge is 0.240 e. The first-order chi connectivity index (χ1) is 11.1. The molecule has 0 amide bonds. The Morgan fingerprint density at radius 3 is 2.46 bits per heavy atom. The summed E-state index contributed by atoms with van der Waals surface area (Å²) < 4.78 is 62.1. The first-order valence-corrected chi connectivity index (χ1v) is 10.8. The van der Waals surface area contributed by atoms with E-state index in [0.717, 1.165) is 6.26 Å². The van der Waals surface area contributed by atoms with E-state index >= 15 is 0 Å². The minimum atomic E-state index is -3.76. The summed E-state index contributed by atoms with van der Waals surface area (Å²) in [5.41, 5.74) is 0. The molecule has 1 aromatic carbocycles. The van der Waals surface area contributed by atoms with Crippen LogP contribution in [0.4, 0.5) is 0 Å². The molecule has 8 nitrogen and oxygen atoms in total. The Bertz CT molecular complexity index is 789. The Hall–Kier alpha value is -1.36. The van der Waals surface area contributed by atoms with E-state index in [9.17, 15) is 16.8 Å². The van der Waals surface area contributed by atoms with Crippen LogP contribution in [0.3, 0.4) is 0 Å². The normalized spacial score (nSPS) is 14.5. The van der Waals surface area contributed by atoms with Crippen LogP contribution < -0.4 is 14.2 Å². The van der Waals surface area contributed by atoms with E-state index < -0.39 is 20.0 Å². The molecule has 136 valence electrons. The van der Waals surface area contributed by atoms with Crippen molar-refractivity contribution in [3.8, 4) is 11.5 Å². The topological polar surface area (TPSA) is 102 Å². The summed E-state index contributed by atoms with van der Waals surface area (Å²) in [5.74, 6) is 1.01. The molecule has 10 heteroatoms. The molecule has 0 spiro atoms. The van der Waals surface area contributed by atoms with Crippen LogP contribution in [0.5, 0.6) is 11.5 Å². The van der Waals surface area contributed by atoms with E-state index in [2.05, 4.69) is 4.72 Å². The van der Waals surface area contributed by atoms with Gasteiger partial charge in [-0.15, -0.1) is 0 Å². The van der Waals surface area contributed by atoms with Gasteiger partial charge < -0.3 is 9.47 Å². The summed E-state index contributed by atoms with van der Waals surface area (Å²) in [6.07, 6.45) is 1.11. The molecule has 0 unspecified atom stereocenters. The van der Waals surface area contributed by atoms with Crippen LogP contribution in [-0.2, 0) is 20.0 Å². The van der Waals surface area contributed by atoms with Crippen molar-refractivity contribution in [1.29, 1.82) is 0 Å². The second-order valence-electron chi connectivity index (χ2n) is 5.93. The molecule has 0 bridgehead atoms. The summed E-state index contributed by atoms with van der Waals surface area (Å²) in [7, 11) is -7.15. The molecule has 0 radical (unpaired) electrons. The fourth-order valence-electron chi connectivity index (χ4n) is 2.23. The van der Waals surface area contributed by atoms with E-state index in [-0.39, 0.29) is 30.7 Å². The van der Waals surface area contributed by atoms with Gasteiger partial charge in [-0.1, -0.05) is 13.8 Å². The van der Waals surface area contributed by atoms with Crippen LogP contribution in [0.25, 0.3) is 0 Å². The van der Waals surface area contributed by atoms with Crippen molar-refractivity contribution in [2.75, 3.05) is 32.7 Å². The predicted molar refractivity (Wildman–Crippen MR) is 89.0 cm³/mol. The highest BCUT2D eigenvalue weighted by atomic mass is 32.2. The van der Waals surface area contributed by atoms with E-state index in [1.165, 1.54) is 22.5 Å². The average molecular weight is 378 g/mol. The third-order valence-electron chi connectivity index (χ3n) is 3.35. The van der Waals surface area contributed by atoms with Gasteiger partial charge in [0.15, 0.2) is 11.5 Å². The third kappa shape index (κ3) is 4.82. The van der Waals surface area contributed by atoms with Crippen molar-refractivity contribution in [1.82, 2.24) is 9.03 Å². The zero-order chi connectivity index (χ0) is 18.0. The minimum Gasteiger partial charge on any atom is -0.454 e. The van der Waals surface area contributed by atoms with Gasteiger partial charge in [0.2, 0.25) is 26.8 Å². The van der Waals surface area contributed by atoms with Gasteiger partial charge in [-0.3, -0.25) is 0 Å². The number of nitrogens with zero attached hydrogens (tertiary/aromatic N) is 1. The van der Waals surface area contributed by atoms with Crippen LogP contribution in [-0.4, -0.2) is 53.8 Å². The number of rotatable bonds is 8. The Labute approximate surface area is 142 Å². The van der Waals surface area contributed by atoms with Gasteiger partial charge in [0.05, 0.1) is 11.2 Å². The van der Waals surface area contributed by atoms with Gasteiger partial charge in [-0.25, -0.2) is 25.9 Å². The number of hydrogen-bond acceptors (Lipinski definition) is 6. The van der Waals surface area contributed by atoms with Gasteiger partial charge in [0.25, 0.3) is 0 Å². The summed E-state index contributed by atoms with van der Waals surface area (Å²) in [5, 5.41) is 0. The van der Waals surface area contributed by atoms with Crippen LogP contribution in [0.15, 0.2) is 23.1 Å². The van der Waals surface area contributed by atoms with Crippen molar-refractivity contribution < 1.29 is 26.3 Å². The second-order valence-corrected chi connectivity index (χ2v) is 9.68. The molecule has 0 aliphatic carbocycles. The first-order valence-electron chi connectivity index (χ1n) is 7.44. The number of sulfonamides is 2. The maximum absolute atomic E-state index is 12.3. The van der Waals surface area contributed by atoms with E-state index in [1.54, 1.807) is 0 Å². The maximum atomic E-state index is 12.3. The molecule has 0 saturated carbocycles. The lowest BCUT2D eigenvalue weighted by molar-refractivity contribution is 0.174. The van der Waals surface area contributed by atoms with E-state index in [0.29, 0.717) is 18.0 Å². The Morgan fingerprint density at radius 1 is 1.17 bits per heavy atom. The SMILES string of the molecule is CC(C)CN(CCNS(=O)(=O)c1ccc2c(c1)OCO2)S(C)(=O)=O. The molecular weight excluding hydrogens is 356 g/mol. The quantitative estimate of drug-likeness (QED) is 0.711. The van der Waals surface area contributed by atoms with E-state index in [1.807, 2.05) is 13.8 Å². The van der Waals surface area contributed by atoms with E-state index in [4.69, 9.17) is 9.47 Å². The third-order valence-corrected chi connectivity index (χ3v) is 6.07. The fourth-order valence-corrected chi connectivity index (χ4v) is 4.26. The molecule has 0 aromatic heterocycles. The highest BCUT2D eigenvalue weighted by Gasteiger charge is 2.22. The van der Waals surface area contributed by atoms with Crippen LogP contribution in [0.1, 0.15) is 13.8 Å². The van der Waals surface area contributed by atoms with Gasteiger partial charge in [-0.2, -0.15) is 0 Å². The minimum absolute atomic E-state index is 0.0173. The molecule has 1 aromatic rings. The lowest BCUT2D eigenvalue weighted by atomic mass is 10.2. The molecule has 1 heterocycles. The fraction of sp³-hybridized carbons (Fsp3) is 0.571. The molecular formula is C14H22N2O6S2. The van der Waals surface area contributed by atoms with Crippen molar-refractivity contribution in [2.24, 2.45) is 5.92 Å². The number of benzene rings is 1. The lowest BCUT2D eigenvalue weighted by Gasteiger charge is -2.22. The van der Waals surface area contributed by atoms with Gasteiger partial charge in [0.1, 0.15) is 0 Å². The number of nitrogens with one attached hydrogen (secondary N) is 1. The number of ether oxygens (including phenoxy) is 2. The van der Waals surface area contributed by atoms with Gasteiger partial charge >= 0.3 is 0 Å². The second kappa shape index (κ2) is 7.26. The zero-order valence-corrected chi connectivity index (χ0v) is 15.5. The largest absolute Gasteiger partial charge is 0.454 e. The highest BCUT2D eigenvalue weighted by molar-refractivity contribution is 7.89. The van der Waals surface area contributed by atoms with Crippen LogP contribution >= 0.6 is 0 Å². The standard InChI is InChI=1S/C14H22N2O6S2/c1-11(2)9-16(23(3,17)18)7-6-15-24(19,20)12-4-5-13-14(8-12)22-10-21-13/h4-5,8,11,15H,6-7,9-10H2,1-3H3. The predicted octanol–water partition coefficient (Wildman–Crippen LogP) is 0.611. The molecule has 2 rings (SSSR count). The van der Waals surface area contributed by atoms with Crippen molar-refractivity contribution >= 4 is 20.0 Å². The maximum Gasteiger partial charge on any atom is 0.240 e. The number of fused-ring (bicyclic) bond motifs is 1. The lowest BCUT2D eigenvalue weighted by Crippen LogP contribution is -2.39. The molecule has 1 N–H and O–H groups in total. The Kier molecular flexibility index (Phi) is 5.74. The molecule has 0 fully saturated rings. The molecule has 24 heavy (non-hydrogen) atoms. The molecule has 1 aliphatic heterocycles. The van der Waals surface area contributed by atoms with Crippen molar-refractivity contribution in [3.05, 3.63) is 18.2 Å². The van der Waals surface area contributed by atoms with Crippen molar-refractivity contribution in [2.45, 2.75) is 18.7 Å². The summed E-state index contributed by atoms with van der Waals surface area (Å²) in [6, 6.07) is 4.32. The first kappa shape index (κ1) is 19.0. The molecule has 0 saturated heterocycles. The Morgan fingerprint density at radius 2 is 1.83 bits per heavy atom. The molecule has 0 atom stereocenters. The summed E-state index contributed by atoms with van der Waals surface area (Å²) in [6.45, 7) is 4.25. The Balaban J connectivity index is 2.02. The van der Waals surface area contributed by atoms with Crippen molar-refractivity contribution in [3.63, 3.8) is 0 Å². The number of hydrogen-bond donors (Lipinski definition) is 1. The molecule has 1 aliphatic rings. The summed E-state index contributed by atoms with van der Waals surface area (Å²) in [4.78, 5) is 0.0431. The monoisotopic (exact) mass is 378 g/mol. The summed E-state index contributed by atoms with van der Waals surface area (Å²) >= 11 is 0. The highest BCUT2D eigenvalue weighted by Crippen LogP contribution is 2.33. The van der Waals surface area contributed by atoms with Gasteiger partial charge in [-0.05, 0) is 18.1 Å². The zero-order valence-electron chi connectivity index (χ0n) is 13.9. The average Bonchev–Trinajstić information content (AvgIpc) is 2.92. The van der Waals surface area contributed by atoms with Crippen LogP contribution in [0.2, 0.25) is 0 Å². The van der Waals surface area contributed by atoms with Crippen LogP contribution in [0, 0.1) is 5.92 Å². The van der Waals surface area contributed by atoms with Gasteiger partial charge in [0, 0.05) is 25.7 Å².